The molecular formula is C14H20N2O2. The molecule has 1 N–H and O–H groups in total. The lowest BCUT2D eigenvalue weighted by Gasteiger charge is -2.15. The molecule has 4 nitrogen and oxygen atoms in total. The molecular weight excluding hydrogens is 228 g/mol. The highest BCUT2D eigenvalue weighted by molar-refractivity contribution is 5.81. The van der Waals surface area contributed by atoms with Crippen molar-refractivity contribution in [2.24, 2.45) is 5.92 Å². The summed E-state index contributed by atoms with van der Waals surface area (Å²) in [5, 5.41) is 11.8. The Morgan fingerprint density at radius 3 is 2.89 bits per heavy atom. The van der Waals surface area contributed by atoms with Crippen molar-refractivity contribution in [1.29, 1.82) is 5.26 Å². The third kappa shape index (κ3) is 4.62. The highest BCUT2D eigenvalue weighted by Gasteiger charge is 2.18. The first-order chi connectivity index (χ1) is 8.67. The Hall–Kier alpha value is -1.76. The summed E-state index contributed by atoms with van der Waals surface area (Å²) >= 11 is 0. The lowest BCUT2D eigenvalue weighted by Crippen LogP contribution is -2.37. The number of aryl methyl sites for hydroxylation is 1. The van der Waals surface area contributed by atoms with Crippen LogP contribution in [0, 0.1) is 17.2 Å². The van der Waals surface area contributed by atoms with Gasteiger partial charge in [-0.2, -0.15) is 5.26 Å². The number of furan rings is 1. The summed E-state index contributed by atoms with van der Waals surface area (Å²) in [6.45, 7) is 3.92. The second-order valence-corrected chi connectivity index (χ2v) is 4.50. The predicted octanol–water partition coefficient (Wildman–Crippen LogP) is 2.66. The maximum absolute atomic E-state index is 11.8. The Morgan fingerprint density at radius 2 is 2.33 bits per heavy atom. The van der Waals surface area contributed by atoms with Crippen LogP contribution in [0.15, 0.2) is 22.8 Å². The van der Waals surface area contributed by atoms with Crippen LogP contribution in [0.5, 0.6) is 0 Å². The van der Waals surface area contributed by atoms with Crippen LogP contribution in [0.4, 0.5) is 0 Å². The van der Waals surface area contributed by atoms with Crippen LogP contribution in [0.25, 0.3) is 0 Å². The van der Waals surface area contributed by atoms with Crippen LogP contribution >= 0.6 is 0 Å². The second-order valence-electron chi connectivity index (χ2n) is 4.50. The molecule has 0 fully saturated rings. The number of nitrogens with one attached hydrogen (secondary N) is 1. The fourth-order valence-electron chi connectivity index (χ4n) is 1.77. The molecule has 98 valence electrons. The molecule has 4 heteroatoms. The molecule has 0 saturated carbocycles. The first kappa shape index (κ1) is 14.3. The van der Waals surface area contributed by atoms with Gasteiger partial charge in [0.15, 0.2) is 0 Å². The summed E-state index contributed by atoms with van der Waals surface area (Å²) in [6.07, 6.45) is 4.70. The zero-order valence-corrected chi connectivity index (χ0v) is 11.0. The summed E-state index contributed by atoms with van der Waals surface area (Å²) in [4.78, 5) is 11.8. The van der Waals surface area contributed by atoms with E-state index < -0.39 is 5.92 Å². The monoisotopic (exact) mass is 248 g/mol. The molecule has 1 rings (SSSR count). The number of rotatable bonds is 7. The Labute approximate surface area is 108 Å². The van der Waals surface area contributed by atoms with E-state index in [1.807, 2.05) is 32.0 Å². The van der Waals surface area contributed by atoms with Crippen LogP contribution < -0.4 is 5.32 Å². The van der Waals surface area contributed by atoms with Crippen molar-refractivity contribution in [2.75, 3.05) is 0 Å². The molecule has 2 unspecified atom stereocenters. The van der Waals surface area contributed by atoms with Gasteiger partial charge < -0.3 is 9.73 Å². The lowest BCUT2D eigenvalue weighted by atomic mass is 10.0. The maximum atomic E-state index is 11.8. The van der Waals surface area contributed by atoms with Gasteiger partial charge in [-0.1, -0.05) is 13.3 Å². The summed E-state index contributed by atoms with van der Waals surface area (Å²) in [7, 11) is 0. The van der Waals surface area contributed by atoms with E-state index in [9.17, 15) is 4.79 Å². The largest absolute Gasteiger partial charge is 0.469 e. The third-order valence-corrected chi connectivity index (χ3v) is 2.84. The topological polar surface area (TPSA) is 66.0 Å². The Morgan fingerprint density at radius 1 is 1.56 bits per heavy atom. The average Bonchev–Trinajstić information content (AvgIpc) is 2.86. The standard InChI is InChI=1S/C14H20N2O2/c1-3-5-12(10-15)14(17)16-11(2)7-8-13-6-4-9-18-13/h4,6,9,11-12H,3,5,7-8H2,1-2H3,(H,16,17). The fraction of sp³-hybridized carbons (Fsp3) is 0.571. The smallest absolute Gasteiger partial charge is 0.237 e. The van der Waals surface area contributed by atoms with Crippen LogP contribution in [-0.2, 0) is 11.2 Å². The minimum Gasteiger partial charge on any atom is -0.469 e. The molecule has 0 radical (unpaired) electrons. The molecule has 0 bridgehead atoms. The molecule has 1 aromatic rings. The summed E-state index contributed by atoms with van der Waals surface area (Å²) < 4.78 is 5.23. The van der Waals surface area contributed by atoms with Crippen LogP contribution in [0.1, 0.15) is 38.9 Å². The van der Waals surface area contributed by atoms with E-state index in [0.717, 1.165) is 25.0 Å². The molecule has 0 saturated heterocycles. The number of nitriles is 1. The SMILES string of the molecule is CCCC(C#N)C(=O)NC(C)CCc1ccco1. The molecule has 18 heavy (non-hydrogen) atoms. The summed E-state index contributed by atoms with van der Waals surface area (Å²) in [6, 6.07) is 5.87. The van der Waals surface area contributed by atoms with Crippen LogP contribution in [0.3, 0.4) is 0 Å². The molecule has 1 aromatic heterocycles. The molecule has 0 aliphatic heterocycles. The van der Waals surface area contributed by atoms with E-state index in [1.165, 1.54) is 0 Å². The number of amides is 1. The van der Waals surface area contributed by atoms with Crippen molar-refractivity contribution in [2.45, 2.75) is 45.6 Å². The van der Waals surface area contributed by atoms with Crippen molar-refractivity contribution >= 4 is 5.91 Å². The molecule has 0 aliphatic rings. The van der Waals surface area contributed by atoms with Crippen molar-refractivity contribution in [3.63, 3.8) is 0 Å². The zero-order chi connectivity index (χ0) is 13.4. The van der Waals surface area contributed by atoms with Gasteiger partial charge in [0.25, 0.3) is 0 Å². The van der Waals surface area contributed by atoms with E-state index in [4.69, 9.17) is 9.68 Å². The minimum atomic E-state index is -0.527. The van der Waals surface area contributed by atoms with Gasteiger partial charge in [-0.3, -0.25) is 4.79 Å². The first-order valence-corrected chi connectivity index (χ1v) is 6.39. The third-order valence-electron chi connectivity index (χ3n) is 2.84. The molecule has 2 atom stereocenters. The highest BCUT2D eigenvalue weighted by atomic mass is 16.3. The number of hydrogen-bond donors (Lipinski definition) is 1. The number of carbonyl (C=O) groups is 1. The highest BCUT2D eigenvalue weighted by Crippen LogP contribution is 2.08. The fourth-order valence-corrected chi connectivity index (χ4v) is 1.77. The molecule has 0 spiro atoms. The number of hydrogen-bond acceptors (Lipinski definition) is 3. The van der Waals surface area contributed by atoms with Crippen LogP contribution in [0.2, 0.25) is 0 Å². The predicted molar refractivity (Wildman–Crippen MR) is 68.6 cm³/mol. The Bertz CT molecular complexity index is 392. The quantitative estimate of drug-likeness (QED) is 0.806. The van der Waals surface area contributed by atoms with Crippen LogP contribution in [-0.4, -0.2) is 11.9 Å². The lowest BCUT2D eigenvalue weighted by molar-refractivity contribution is -0.124. The van der Waals surface area contributed by atoms with E-state index in [0.29, 0.717) is 6.42 Å². The van der Waals surface area contributed by atoms with Gasteiger partial charge in [-0.15, -0.1) is 0 Å². The minimum absolute atomic E-state index is 0.0512. The zero-order valence-electron chi connectivity index (χ0n) is 11.0. The molecule has 0 aliphatic carbocycles. The van der Waals surface area contributed by atoms with Crippen molar-refractivity contribution < 1.29 is 9.21 Å². The number of nitrogens with zero attached hydrogens (tertiary/aromatic N) is 1. The van der Waals surface area contributed by atoms with Gasteiger partial charge in [0.2, 0.25) is 5.91 Å². The molecule has 0 aromatic carbocycles. The van der Waals surface area contributed by atoms with Crippen molar-refractivity contribution in [3.8, 4) is 6.07 Å². The van der Waals surface area contributed by atoms with Gasteiger partial charge in [0.1, 0.15) is 11.7 Å². The van der Waals surface area contributed by atoms with E-state index in [2.05, 4.69) is 5.32 Å². The second kappa shape index (κ2) is 7.54. The first-order valence-electron chi connectivity index (χ1n) is 6.39. The molecule has 1 amide bonds. The van der Waals surface area contributed by atoms with Gasteiger partial charge in [0, 0.05) is 12.5 Å². The van der Waals surface area contributed by atoms with Gasteiger partial charge in [0.05, 0.1) is 12.3 Å². The van der Waals surface area contributed by atoms with E-state index in [1.54, 1.807) is 6.26 Å². The van der Waals surface area contributed by atoms with Gasteiger partial charge in [-0.05, 0) is 31.9 Å². The Balaban J connectivity index is 2.32. The summed E-state index contributed by atoms with van der Waals surface area (Å²) in [5.41, 5.74) is 0. The number of carbonyl (C=O) groups excluding carboxylic acids is 1. The molecule has 1 heterocycles. The van der Waals surface area contributed by atoms with E-state index in [-0.39, 0.29) is 11.9 Å². The van der Waals surface area contributed by atoms with E-state index >= 15 is 0 Å². The maximum Gasteiger partial charge on any atom is 0.237 e. The Kier molecular flexibility index (Phi) is 5.99. The van der Waals surface area contributed by atoms with Crippen molar-refractivity contribution in [1.82, 2.24) is 5.32 Å². The van der Waals surface area contributed by atoms with Gasteiger partial charge in [-0.25, -0.2) is 0 Å². The van der Waals surface area contributed by atoms with Gasteiger partial charge >= 0.3 is 0 Å². The van der Waals surface area contributed by atoms with Crippen molar-refractivity contribution in [3.05, 3.63) is 24.2 Å². The normalized spacial score (nSPS) is 13.6. The summed E-state index contributed by atoms with van der Waals surface area (Å²) in [5.74, 6) is 0.230. The average molecular weight is 248 g/mol.